The largest absolute Gasteiger partial charge is 0.493 e. The lowest BCUT2D eigenvalue weighted by atomic mass is 9.74. The van der Waals surface area contributed by atoms with Crippen LogP contribution in [0.5, 0.6) is 5.75 Å². The summed E-state index contributed by atoms with van der Waals surface area (Å²) in [5.74, 6) is 0.643. The summed E-state index contributed by atoms with van der Waals surface area (Å²) in [5.41, 5.74) is 3.03. The number of hydrogen-bond acceptors (Lipinski definition) is 3. The average molecular weight is 303 g/mol. The summed E-state index contributed by atoms with van der Waals surface area (Å²) in [6, 6.07) is 5.46. The zero-order valence-corrected chi connectivity index (χ0v) is 12.1. The molecule has 1 aromatic carbocycles. The molecule has 21 heavy (non-hydrogen) atoms. The van der Waals surface area contributed by atoms with Gasteiger partial charge in [0.25, 0.3) is 0 Å². The van der Waals surface area contributed by atoms with E-state index in [0.717, 1.165) is 12.0 Å². The molecule has 1 atom stereocenters. The zero-order valence-electron chi connectivity index (χ0n) is 12.1. The molecule has 2 rings (SSSR count). The number of para-hydroxylation sites is 1. The highest BCUT2D eigenvalue weighted by Crippen LogP contribution is 2.44. The van der Waals surface area contributed by atoms with Crippen molar-refractivity contribution in [3.63, 3.8) is 0 Å². The maximum absolute atomic E-state index is 13.1. The van der Waals surface area contributed by atoms with Crippen molar-refractivity contribution in [1.82, 2.24) is 0 Å². The number of halogens is 3. The highest BCUT2D eigenvalue weighted by molar-refractivity contribution is 5.47. The van der Waals surface area contributed by atoms with E-state index in [2.05, 4.69) is 0 Å². The Morgan fingerprint density at radius 1 is 1.29 bits per heavy atom. The SMILES string of the molecule is CC(C)(CC(O)(CN)C(F)(F)F)c1cccc2c1OCC2. The molecule has 1 aromatic rings. The van der Waals surface area contributed by atoms with Gasteiger partial charge < -0.3 is 15.6 Å². The molecule has 0 aromatic heterocycles. The van der Waals surface area contributed by atoms with Crippen molar-refractivity contribution in [3.05, 3.63) is 29.3 Å². The second-order valence-corrected chi connectivity index (χ2v) is 6.19. The highest BCUT2D eigenvalue weighted by atomic mass is 19.4. The molecule has 6 heteroatoms. The van der Waals surface area contributed by atoms with Crippen molar-refractivity contribution in [3.8, 4) is 5.75 Å². The summed E-state index contributed by atoms with van der Waals surface area (Å²) in [4.78, 5) is 0. The lowest BCUT2D eigenvalue weighted by molar-refractivity contribution is -0.262. The summed E-state index contributed by atoms with van der Waals surface area (Å²) in [6.45, 7) is 2.99. The van der Waals surface area contributed by atoms with Gasteiger partial charge in [-0.1, -0.05) is 32.0 Å². The molecule has 0 fully saturated rings. The van der Waals surface area contributed by atoms with Gasteiger partial charge in [0.2, 0.25) is 0 Å². The number of aliphatic hydroxyl groups is 1. The van der Waals surface area contributed by atoms with Crippen molar-refractivity contribution in [1.29, 1.82) is 0 Å². The maximum atomic E-state index is 13.1. The smallest absolute Gasteiger partial charge is 0.418 e. The Morgan fingerprint density at radius 2 is 1.95 bits per heavy atom. The van der Waals surface area contributed by atoms with Crippen molar-refractivity contribution < 1.29 is 23.0 Å². The third-order valence-corrected chi connectivity index (χ3v) is 4.04. The van der Waals surface area contributed by atoms with Crippen LogP contribution in [0.25, 0.3) is 0 Å². The first-order chi connectivity index (χ1) is 9.61. The third-order valence-electron chi connectivity index (χ3n) is 4.04. The monoisotopic (exact) mass is 303 g/mol. The second-order valence-electron chi connectivity index (χ2n) is 6.19. The lowest BCUT2D eigenvalue weighted by Crippen LogP contribution is -2.54. The van der Waals surface area contributed by atoms with E-state index in [-0.39, 0.29) is 0 Å². The van der Waals surface area contributed by atoms with Gasteiger partial charge in [-0.3, -0.25) is 0 Å². The van der Waals surface area contributed by atoms with Crippen LogP contribution in [0.3, 0.4) is 0 Å². The van der Waals surface area contributed by atoms with Crippen molar-refractivity contribution in [2.24, 2.45) is 5.73 Å². The van der Waals surface area contributed by atoms with Gasteiger partial charge in [-0.15, -0.1) is 0 Å². The molecule has 0 radical (unpaired) electrons. The number of rotatable bonds is 4. The average Bonchev–Trinajstić information content (AvgIpc) is 2.84. The van der Waals surface area contributed by atoms with Gasteiger partial charge in [0, 0.05) is 18.5 Å². The topological polar surface area (TPSA) is 55.5 Å². The molecular formula is C15H20F3NO2. The number of alkyl halides is 3. The fraction of sp³-hybridized carbons (Fsp3) is 0.600. The normalized spacial score (nSPS) is 18.0. The zero-order chi connectivity index (χ0) is 15.9. The molecule has 0 amide bonds. The van der Waals surface area contributed by atoms with Crippen LogP contribution in [0.1, 0.15) is 31.4 Å². The summed E-state index contributed by atoms with van der Waals surface area (Å²) < 4.78 is 44.7. The van der Waals surface area contributed by atoms with E-state index in [0.29, 0.717) is 17.9 Å². The summed E-state index contributed by atoms with van der Waals surface area (Å²) in [5, 5.41) is 9.91. The van der Waals surface area contributed by atoms with Gasteiger partial charge in [-0.25, -0.2) is 0 Å². The summed E-state index contributed by atoms with van der Waals surface area (Å²) in [7, 11) is 0. The van der Waals surface area contributed by atoms with Gasteiger partial charge in [0.1, 0.15) is 5.75 Å². The van der Waals surface area contributed by atoms with Crippen LogP contribution < -0.4 is 10.5 Å². The Labute approximate surface area is 121 Å². The molecule has 1 heterocycles. The van der Waals surface area contributed by atoms with Crippen LogP contribution in [0.4, 0.5) is 13.2 Å². The second kappa shape index (κ2) is 5.18. The van der Waals surface area contributed by atoms with Crippen LogP contribution in [0.15, 0.2) is 18.2 Å². The molecule has 1 aliphatic rings. The molecule has 3 N–H and O–H groups in total. The van der Waals surface area contributed by atoms with E-state index < -0.39 is 30.2 Å². The van der Waals surface area contributed by atoms with Gasteiger partial charge in [-0.2, -0.15) is 13.2 Å². The molecule has 0 saturated carbocycles. The fourth-order valence-corrected chi connectivity index (χ4v) is 2.86. The number of ether oxygens (including phenoxy) is 1. The van der Waals surface area contributed by atoms with Gasteiger partial charge >= 0.3 is 6.18 Å². The molecule has 1 unspecified atom stereocenters. The number of fused-ring (bicyclic) bond motifs is 1. The van der Waals surface area contributed by atoms with E-state index in [4.69, 9.17) is 10.5 Å². The van der Waals surface area contributed by atoms with Crippen LogP contribution in [0, 0.1) is 0 Å². The number of nitrogens with two attached hydrogens (primary N) is 1. The Kier molecular flexibility index (Phi) is 3.97. The predicted molar refractivity (Wildman–Crippen MR) is 73.3 cm³/mol. The van der Waals surface area contributed by atoms with Crippen LogP contribution >= 0.6 is 0 Å². The molecule has 0 aliphatic carbocycles. The van der Waals surface area contributed by atoms with E-state index in [1.165, 1.54) is 0 Å². The molecule has 0 spiro atoms. The first kappa shape index (κ1) is 16.1. The number of hydrogen-bond donors (Lipinski definition) is 2. The first-order valence-electron chi connectivity index (χ1n) is 6.85. The van der Waals surface area contributed by atoms with E-state index in [1.54, 1.807) is 26.0 Å². The molecule has 0 saturated heterocycles. The van der Waals surface area contributed by atoms with Crippen molar-refractivity contribution in [2.45, 2.75) is 43.9 Å². The minimum absolute atomic E-state index is 0.514. The molecule has 3 nitrogen and oxygen atoms in total. The Morgan fingerprint density at radius 3 is 2.52 bits per heavy atom. The standard InChI is InChI=1S/C15H20F3NO2/c1-13(2,8-14(20,9-19)15(16,17)18)11-5-3-4-10-6-7-21-12(10)11/h3-5,20H,6-9,19H2,1-2H3. The first-order valence-corrected chi connectivity index (χ1v) is 6.85. The van der Waals surface area contributed by atoms with Gasteiger partial charge in [-0.05, 0) is 17.4 Å². The Hall–Kier alpha value is -1.27. The number of benzene rings is 1. The highest BCUT2D eigenvalue weighted by Gasteiger charge is 2.55. The van der Waals surface area contributed by atoms with E-state index in [9.17, 15) is 18.3 Å². The van der Waals surface area contributed by atoms with Crippen molar-refractivity contribution >= 4 is 0 Å². The summed E-state index contributed by atoms with van der Waals surface area (Å²) >= 11 is 0. The van der Waals surface area contributed by atoms with Crippen molar-refractivity contribution in [2.75, 3.05) is 13.2 Å². The maximum Gasteiger partial charge on any atom is 0.418 e. The van der Waals surface area contributed by atoms with Crippen LogP contribution in [-0.4, -0.2) is 30.0 Å². The Bertz CT molecular complexity index is 528. The minimum atomic E-state index is -4.77. The van der Waals surface area contributed by atoms with E-state index >= 15 is 0 Å². The molecule has 1 aliphatic heterocycles. The molecular weight excluding hydrogens is 283 g/mol. The quantitative estimate of drug-likeness (QED) is 0.899. The molecule has 0 bridgehead atoms. The minimum Gasteiger partial charge on any atom is -0.493 e. The van der Waals surface area contributed by atoms with Gasteiger partial charge in [0.15, 0.2) is 5.60 Å². The van der Waals surface area contributed by atoms with E-state index in [1.807, 2.05) is 6.07 Å². The predicted octanol–water partition coefficient (Wildman–Crippen LogP) is 2.54. The fourth-order valence-electron chi connectivity index (χ4n) is 2.86. The van der Waals surface area contributed by atoms with Crippen LogP contribution in [-0.2, 0) is 11.8 Å². The Balaban J connectivity index is 2.37. The summed E-state index contributed by atoms with van der Waals surface area (Å²) in [6.07, 6.45) is -4.53. The lowest BCUT2D eigenvalue weighted by Gasteiger charge is -2.37. The van der Waals surface area contributed by atoms with Crippen LogP contribution in [0.2, 0.25) is 0 Å². The molecule has 118 valence electrons. The van der Waals surface area contributed by atoms with Gasteiger partial charge in [0.05, 0.1) is 6.61 Å². The third kappa shape index (κ3) is 2.87.